The lowest BCUT2D eigenvalue weighted by Crippen LogP contribution is -2.35. The van der Waals surface area contributed by atoms with Gasteiger partial charge in [0.1, 0.15) is 11.4 Å². The Morgan fingerprint density at radius 1 is 0.968 bits per heavy atom. The van der Waals surface area contributed by atoms with Crippen molar-refractivity contribution < 1.29 is 28.9 Å². The van der Waals surface area contributed by atoms with Gasteiger partial charge in [-0.3, -0.25) is 5.32 Å². The van der Waals surface area contributed by atoms with E-state index in [-0.39, 0.29) is 0 Å². The molecule has 7 heteroatoms. The minimum Gasteiger partial charge on any atom is -0.493 e. The molecule has 2 aromatic carbocycles. The number of hydrogen-bond acceptors (Lipinski definition) is 5. The fraction of sp³-hybridized carbons (Fsp3) is 0.417. The van der Waals surface area contributed by atoms with Gasteiger partial charge >= 0.3 is 12.1 Å². The van der Waals surface area contributed by atoms with Gasteiger partial charge in [-0.15, -0.1) is 0 Å². The first-order valence-corrected chi connectivity index (χ1v) is 10.2. The van der Waals surface area contributed by atoms with Gasteiger partial charge in [0.2, 0.25) is 0 Å². The highest BCUT2D eigenvalue weighted by Crippen LogP contribution is 2.27. The van der Waals surface area contributed by atoms with E-state index in [9.17, 15) is 14.7 Å². The summed E-state index contributed by atoms with van der Waals surface area (Å²) in [4.78, 5) is 23.4. The predicted molar refractivity (Wildman–Crippen MR) is 119 cm³/mol. The third-order valence-electron chi connectivity index (χ3n) is 4.50. The molecule has 2 N–H and O–H groups in total. The van der Waals surface area contributed by atoms with Crippen LogP contribution in [0.2, 0.25) is 0 Å². The Hall–Kier alpha value is -3.06. The first-order valence-electron chi connectivity index (χ1n) is 10.2. The lowest BCUT2D eigenvalue weighted by Gasteiger charge is -2.25. The van der Waals surface area contributed by atoms with Crippen LogP contribution in [0.15, 0.2) is 48.5 Å². The van der Waals surface area contributed by atoms with Gasteiger partial charge in [0, 0.05) is 18.7 Å². The van der Waals surface area contributed by atoms with Gasteiger partial charge in [-0.1, -0.05) is 24.3 Å². The monoisotopic (exact) mass is 429 g/mol. The van der Waals surface area contributed by atoms with Crippen molar-refractivity contribution in [1.29, 1.82) is 0 Å². The zero-order chi connectivity index (χ0) is 23.1. The van der Waals surface area contributed by atoms with Crippen LogP contribution in [0.3, 0.4) is 0 Å². The molecule has 0 heterocycles. The molecule has 2 rings (SSSR count). The van der Waals surface area contributed by atoms with Crippen molar-refractivity contribution in [2.75, 3.05) is 18.5 Å². The molecule has 0 spiro atoms. The number of ether oxygens (including phenoxy) is 3. The van der Waals surface area contributed by atoms with Gasteiger partial charge in [-0.25, -0.2) is 9.59 Å². The van der Waals surface area contributed by atoms with Crippen LogP contribution in [0.1, 0.15) is 45.7 Å². The normalized spacial score (nSPS) is 13.2. The van der Waals surface area contributed by atoms with Gasteiger partial charge < -0.3 is 19.3 Å². The van der Waals surface area contributed by atoms with Crippen LogP contribution >= 0.6 is 0 Å². The van der Waals surface area contributed by atoms with Crippen molar-refractivity contribution in [2.45, 2.75) is 52.2 Å². The van der Waals surface area contributed by atoms with Crippen molar-refractivity contribution in [3.8, 4) is 5.75 Å². The molecule has 1 amide bonds. The van der Waals surface area contributed by atoms with E-state index < -0.39 is 23.3 Å². The molecule has 31 heavy (non-hydrogen) atoms. The number of aliphatic carboxylic acids is 1. The highest BCUT2D eigenvalue weighted by molar-refractivity contribution is 5.84. The molecule has 0 saturated heterocycles. The third kappa shape index (κ3) is 7.29. The fourth-order valence-corrected chi connectivity index (χ4v) is 2.89. The summed E-state index contributed by atoms with van der Waals surface area (Å²) in [5.74, 6) is -0.385. The van der Waals surface area contributed by atoms with E-state index in [0.717, 1.165) is 5.56 Å². The van der Waals surface area contributed by atoms with Gasteiger partial charge in [-0.2, -0.15) is 0 Å². The summed E-state index contributed by atoms with van der Waals surface area (Å²) < 4.78 is 16.4. The van der Waals surface area contributed by atoms with Crippen LogP contribution in [0, 0.1) is 0 Å². The van der Waals surface area contributed by atoms with E-state index in [1.807, 2.05) is 45.0 Å². The topological polar surface area (TPSA) is 94.1 Å². The molecule has 7 nitrogen and oxygen atoms in total. The Kier molecular flexibility index (Phi) is 8.05. The van der Waals surface area contributed by atoms with Crippen LogP contribution in [0.25, 0.3) is 0 Å². The Bertz CT molecular complexity index is 870. The van der Waals surface area contributed by atoms with Crippen LogP contribution in [0.4, 0.5) is 10.5 Å². The molecule has 0 saturated carbocycles. The highest BCUT2D eigenvalue weighted by Gasteiger charge is 2.35. The van der Waals surface area contributed by atoms with Gasteiger partial charge in [0.05, 0.1) is 6.61 Å². The second-order valence-electron chi connectivity index (χ2n) is 8.22. The molecule has 0 radical (unpaired) electrons. The minimum absolute atomic E-state index is 0.299. The third-order valence-corrected chi connectivity index (χ3v) is 4.50. The van der Waals surface area contributed by atoms with Crippen molar-refractivity contribution in [3.05, 3.63) is 59.7 Å². The maximum atomic E-state index is 11.8. The lowest BCUT2D eigenvalue weighted by molar-refractivity contribution is -0.164. The zero-order valence-corrected chi connectivity index (χ0v) is 18.7. The van der Waals surface area contributed by atoms with Crippen molar-refractivity contribution in [3.63, 3.8) is 0 Å². The summed E-state index contributed by atoms with van der Waals surface area (Å²) in [7, 11) is 0. The molecule has 1 atom stereocenters. The number of carbonyl (C=O) groups is 2. The SMILES string of the molecule is CCOC(C)(C(=O)O)c1ccc(OCCc2ccc(NC(=O)OC(C)(C)C)cc2)cc1. The molecule has 0 aliphatic rings. The van der Waals surface area contributed by atoms with E-state index in [1.165, 1.54) is 6.92 Å². The molecule has 1 unspecified atom stereocenters. The van der Waals surface area contributed by atoms with Gasteiger partial charge in [0.25, 0.3) is 0 Å². The first-order chi connectivity index (χ1) is 14.5. The maximum Gasteiger partial charge on any atom is 0.412 e. The number of benzene rings is 2. The molecule has 0 aliphatic carbocycles. The quantitative estimate of drug-likeness (QED) is 0.583. The molecule has 0 bridgehead atoms. The highest BCUT2D eigenvalue weighted by atomic mass is 16.6. The number of carboxylic acid groups (broad SMARTS) is 1. The van der Waals surface area contributed by atoms with Gasteiger partial charge in [-0.05, 0) is 70.0 Å². The number of carboxylic acids is 1. The van der Waals surface area contributed by atoms with Gasteiger partial charge in [0.15, 0.2) is 5.60 Å². The molecule has 0 fully saturated rings. The molecule has 2 aromatic rings. The Morgan fingerprint density at radius 2 is 1.58 bits per heavy atom. The van der Waals surface area contributed by atoms with Crippen molar-refractivity contribution in [2.24, 2.45) is 0 Å². The Balaban J connectivity index is 1.86. The predicted octanol–water partition coefficient (Wildman–Crippen LogP) is 4.99. The zero-order valence-electron chi connectivity index (χ0n) is 18.7. The van der Waals surface area contributed by atoms with Crippen LogP contribution < -0.4 is 10.1 Å². The smallest absolute Gasteiger partial charge is 0.412 e. The first kappa shape index (κ1) is 24.2. The molecule has 0 aromatic heterocycles. The summed E-state index contributed by atoms with van der Waals surface area (Å²) in [5, 5.41) is 12.2. The van der Waals surface area contributed by atoms with E-state index in [4.69, 9.17) is 14.2 Å². The van der Waals surface area contributed by atoms with E-state index in [0.29, 0.717) is 36.6 Å². The summed E-state index contributed by atoms with van der Waals surface area (Å²) in [6, 6.07) is 14.3. The van der Waals surface area contributed by atoms with Crippen LogP contribution in [-0.4, -0.2) is 36.0 Å². The van der Waals surface area contributed by atoms with E-state index >= 15 is 0 Å². The fourth-order valence-electron chi connectivity index (χ4n) is 2.89. The number of anilines is 1. The molecule has 0 aliphatic heterocycles. The number of carbonyl (C=O) groups excluding carboxylic acids is 1. The maximum absolute atomic E-state index is 11.8. The molecule has 168 valence electrons. The minimum atomic E-state index is -1.39. The summed E-state index contributed by atoms with van der Waals surface area (Å²) in [6.07, 6.45) is 0.190. The lowest BCUT2D eigenvalue weighted by atomic mass is 9.96. The molecular weight excluding hydrogens is 398 g/mol. The second kappa shape index (κ2) is 10.3. The number of amides is 1. The largest absolute Gasteiger partial charge is 0.493 e. The second-order valence-corrected chi connectivity index (χ2v) is 8.22. The van der Waals surface area contributed by atoms with Crippen molar-refractivity contribution >= 4 is 17.7 Å². The average molecular weight is 430 g/mol. The number of hydrogen-bond donors (Lipinski definition) is 2. The Labute approximate surface area is 183 Å². The number of rotatable bonds is 9. The summed E-state index contributed by atoms with van der Waals surface area (Å²) in [5.41, 5.74) is 0.339. The van der Waals surface area contributed by atoms with Crippen LogP contribution in [0.5, 0.6) is 5.75 Å². The van der Waals surface area contributed by atoms with Crippen molar-refractivity contribution in [1.82, 2.24) is 0 Å². The molecular formula is C24H31NO6. The Morgan fingerprint density at radius 3 is 2.10 bits per heavy atom. The van der Waals surface area contributed by atoms with E-state index in [2.05, 4.69) is 5.32 Å². The van der Waals surface area contributed by atoms with E-state index in [1.54, 1.807) is 31.2 Å². The average Bonchev–Trinajstić information content (AvgIpc) is 2.68. The standard InChI is InChI=1S/C24H31NO6/c1-6-30-24(5,21(26)27)18-9-13-20(14-10-18)29-16-15-17-7-11-19(12-8-17)25-22(28)31-23(2,3)4/h7-14H,6,15-16H2,1-5H3,(H,25,28)(H,26,27). The summed E-state index contributed by atoms with van der Waals surface area (Å²) >= 11 is 0. The van der Waals surface area contributed by atoms with Crippen LogP contribution in [-0.2, 0) is 26.3 Å². The number of nitrogens with one attached hydrogen (secondary N) is 1. The summed E-state index contributed by atoms with van der Waals surface area (Å²) in [6.45, 7) is 9.49.